The van der Waals surface area contributed by atoms with Gasteiger partial charge in [0.2, 0.25) is 0 Å². The Bertz CT molecular complexity index is 2980. The molecule has 7 aromatic rings. The summed E-state index contributed by atoms with van der Waals surface area (Å²) in [5.41, 5.74) is 23.3. The van der Waals surface area contributed by atoms with Gasteiger partial charge >= 0.3 is 0 Å². The second-order valence-corrected chi connectivity index (χ2v) is 25.7. The molecule has 2 aliphatic carbocycles. The van der Waals surface area contributed by atoms with Crippen molar-refractivity contribution in [2.24, 2.45) is 0 Å². The lowest BCUT2D eigenvalue weighted by Crippen LogP contribution is -2.25. The van der Waals surface area contributed by atoms with Gasteiger partial charge < -0.3 is 14.4 Å². The standard InChI is InChI=1S/C31H46.C25H27NO2.C25H34/c1-5-7-9-11-13-15-21-31(22-16-14-12-10-8-6-2)29-23-25(3)17-19-27(29)28-20-18-26(4)24-30(28)31;1-19-14-15-20(2)25(18-19)27-17-9-3-8-16-26-21-10-4-6-12-23(21)28-24-13-7-5-11-22(24)26;1-5-7-9-15-25(16-10-8-6-2)23-17-19(3)11-13-21(23)22-14-12-20(4)18-24(22)25/h17-20,23-24H,5-16,21-22H2,1-4H3;4-7,10-15,18H,3,8-9,16-17H2,1-2H3;11-14,17-18H,5-10,15-16H2,1-4H3. The number of hydrogen-bond acceptors (Lipinski definition) is 3. The summed E-state index contributed by atoms with van der Waals surface area (Å²) in [7, 11) is 0. The summed E-state index contributed by atoms with van der Waals surface area (Å²) >= 11 is 0. The molecule has 7 aromatic carbocycles. The van der Waals surface area contributed by atoms with E-state index in [4.69, 9.17) is 9.47 Å². The molecule has 0 radical (unpaired) electrons. The quantitative estimate of drug-likeness (QED) is 0.0436. The molecule has 0 fully saturated rings. The zero-order chi connectivity index (χ0) is 59.3. The lowest BCUT2D eigenvalue weighted by Gasteiger charge is -2.33. The number of nitrogens with zero attached hydrogens (tertiary/aromatic N) is 1. The lowest BCUT2D eigenvalue weighted by atomic mass is 9.70. The smallest absolute Gasteiger partial charge is 0.151 e. The minimum atomic E-state index is 0.234. The van der Waals surface area contributed by atoms with Crippen molar-refractivity contribution < 1.29 is 9.47 Å². The van der Waals surface area contributed by atoms with E-state index in [-0.39, 0.29) is 10.8 Å². The van der Waals surface area contributed by atoms with Gasteiger partial charge in [-0.15, -0.1) is 0 Å². The molecule has 1 aliphatic heterocycles. The highest BCUT2D eigenvalue weighted by atomic mass is 16.5. The number of anilines is 2. The summed E-state index contributed by atoms with van der Waals surface area (Å²) < 4.78 is 12.0. The molecular weight excluding hydrogens is 1020 g/mol. The second kappa shape index (κ2) is 31.9. The fourth-order valence-corrected chi connectivity index (χ4v) is 14.2. The molecule has 84 heavy (non-hydrogen) atoms. The SMILES string of the molecule is CCCCCC1(CCCCC)c2cc(C)ccc2-c2ccc(C)cc21.CCCCCCCCC1(CCCCCCCC)c2cc(C)ccc2-c2ccc(C)cc21.Cc1ccc(C)c(OCCCCCN2c3ccccc3Oc3ccccc32)c1. The maximum absolute atomic E-state index is 6.06. The van der Waals surface area contributed by atoms with Gasteiger partial charge in [0.05, 0.1) is 18.0 Å². The number of aryl methyl sites for hydroxylation is 6. The predicted molar refractivity (Wildman–Crippen MR) is 364 cm³/mol. The third-order valence-electron chi connectivity index (χ3n) is 18.8. The van der Waals surface area contributed by atoms with Gasteiger partial charge in [-0.05, 0) is 172 Å². The zero-order valence-electron chi connectivity index (χ0n) is 54.1. The van der Waals surface area contributed by atoms with Crippen LogP contribution in [0.5, 0.6) is 17.2 Å². The van der Waals surface area contributed by atoms with Crippen LogP contribution in [0.3, 0.4) is 0 Å². The zero-order valence-corrected chi connectivity index (χ0v) is 54.1. The molecule has 0 unspecified atom stereocenters. The van der Waals surface area contributed by atoms with Crippen LogP contribution in [0, 0.1) is 41.5 Å². The van der Waals surface area contributed by atoms with Crippen LogP contribution in [0.25, 0.3) is 22.3 Å². The molecule has 0 spiro atoms. The topological polar surface area (TPSA) is 21.7 Å². The van der Waals surface area contributed by atoms with Crippen molar-refractivity contribution in [1.82, 2.24) is 0 Å². The molecule has 0 atom stereocenters. The monoisotopic (exact) mass is 1130 g/mol. The molecule has 0 bridgehead atoms. The molecule has 0 amide bonds. The van der Waals surface area contributed by atoms with E-state index in [0.717, 1.165) is 61.0 Å². The Kier molecular flexibility index (Phi) is 24.3. The van der Waals surface area contributed by atoms with Crippen LogP contribution < -0.4 is 14.4 Å². The number of rotatable bonds is 29. The van der Waals surface area contributed by atoms with Crippen molar-refractivity contribution in [2.45, 2.75) is 241 Å². The van der Waals surface area contributed by atoms with Gasteiger partial charge in [-0.1, -0.05) is 275 Å². The number of unbranched alkanes of at least 4 members (excludes halogenated alkanes) is 16. The van der Waals surface area contributed by atoms with Crippen molar-refractivity contribution >= 4 is 11.4 Å². The average molecular weight is 1130 g/mol. The van der Waals surface area contributed by atoms with Gasteiger partial charge in [-0.3, -0.25) is 0 Å². The first-order valence-corrected chi connectivity index (χ1v) is 33.8. The number of hydrogen-bond donors (Lipinski definition) is 0. The Labute approximate surface area is 511 Å². The lowest BCUT2D eigenvalue weighted by molar-refractivity contribution is 0.303. The van der Waals surface area contributed by atoms with Crippen LogP contribution in [-0.4, -0.2) is 13.2 Å². The van der Waals surface area contributed by atoms with E-state index in [9.17, 15) is 0 Å². The number of ether oxygens (including phenoxy) is 2. The molecule has 3 nitrogen and oxygen atoms in total. The third kappa shape index (κ3) is 15.9. The highest BCUT2D eigenvalue weighted by molar-refractivity contribution is 5.83. The van der Waals surface area contributed by atoms with E-state index in [1.54, 1.807) is 22.3 Å². The van der Waals surface area contributed by atoms with Crippen LogP contribution in [-0.2, 0) is 10.8 Å². The largest absolute Gasteiger partial charge is 0.493 e. The summed E-state index contributed by atoms with van der Waals surface area (Å²) in [6.07, 6.45) is 33.1. The highest BCUT2D eigenvalue weighted by Gasteiger charge is 2.43. The Morgan fingerprint density at radius 1 is 0.345 bits per heavy atom. The molecule has 0 saturated heterocycles. The van der Waals surface area contributed by atoms with Gasteiger partial charge in [0, 0.05) is 17.4 Å². The van der Waals surface area contributed by atoms with Crippen LogP contribution in [0.15, 0.2) is 140 Å². The molecular formula is C81H107NO2. The average Bonchev–Trinajstić information content (AvgIpc) is 1.81. The van der Waals surface area contributed by atoms with Crippen molar-refractivity contribution in [1.29, 1.82) is 0 Å². The number of fused-ring (bicyclic) bond motifs is 8. The third-order valence-corrected chi connectivity index (χ3v) is 18.8. The first-order chi connectivity index (χ1) is 41.0. The van der Waals surface area contributed by atoms with Crippen LogP contribution >= 0.6 is 0 Å². The van der Waals surface area contributed by atoms with Crippen LogP contribution in [0.1, 0.15) is 244 Å². The highest BCUT2D eigenvalue weighted by Crippen LogP contribution is 2.56. The van der Waals surface area contributed by atoms with Crippen molar-refractivity contribution in [3.05, 3.63) is 195 Å². The van der Waals surface area contributed by atoms with Gasteiger partial charge in [0.25, 0.3) is 0 Å². The molecule has 10 rings (SSSR count). The summed E-state index contributed by atoms with van der Waals surface area (Å²) in [6.45, 7) is 24.2. The van der Waals surface area contributed by atoms with Gasteiger partial charge in [-0.2, -0.15) is 0 Å². The van der Waals surface area contributed by atoms with Gasteiger partial charge in [0.15, 0.2) is 11.5 Å². The van der Waals surface area contributed by atoms with Gasteiger partial charge in [-0.25, -0.2) is 0 Å². The fourth-order valence-electron chi connectivity index (χ4n) is 14.2. The molecule has 3 aliphatic rings. The molecule has 1 heterocycles. The van der Waals surface area contributed by atoms with E-state index in [0.29, 0.717) is 0 Å². The number of benzene rings is 7. The normalized spacial score (nSPS) is 13.5. The summed E-state index contributed by atoms with van der Waals surface area (Å²) in [5.74, 6) is 2.87. The molecule has 0 aromatic heterocycles. The minimum Gasteiger partial charge on any atom is -0.493 e. The predicted octanol–water partition coefficient (Wildman–Crippen LogP) is 24.6. The van der Waals surface area contributed by atoms with E-state index in [2.05, 4.69) is 189 Å². The Morgan fingerprint density at radius 2 is 0.679 bits per heavy atom. The Morgan fingerprint density at radius 3 is 1.10 bits per heavy atom. The maximum Gasteiger partial charge on any atom is 0.151 e. The molecule has 0 N–H and O–H groups in total. The molecule has 0 saturated carbocycles. The maximum atomic E-state index is 6.06. The molecule has 3 heteroatoms. The van der Waals surface area contributed by atoms with Crippen LogP contribution in [0.4, 0.5) is 11.4 Å². The van der Waals surface area contributed by atoms with Crippen molar-refractivity contribution in [3.63, 3.8) is 0 Å². The summed E-state index contributed by atoms with van der Waals surface area (Å²) in [5, 5.41) is 0. The Balaban J connectivity index is 0.000000165. The van der Waals surface area contributed by atoms with E-state index >= 15 is 0 Å². The van der Waals surface area contributed by atoms with E-state index in [1.165, 1.54) is 197 Å². The number of para-hydroxylation sites is 4. The first-order valence-electron chi connectivity index (χ1n) is 33.8. The second-order valence-electron chi connectivity index (χ2n) is 25.7. The van der Waals surface area contributed by atoms with Crippen molar-refractivity contribution in [2.75, 3.05) is 18.1 Å². The fraction of sp³-hybridized carbons (Fsp3) is 0.481. The summed E-state index contributed by atoms with van der Waals surface area (Å²) in [4.78, 5) is 2.37. The Hall–Kier alpha value is -6.06. The minimum absolute atomic E-state index is 0.234. The summed E-state index contributed by atoms with van der Waals surface area (Å²) in [6, 6.07) is 51.7. The van der Waals surface area contributed by atoms with Gasteiger partial charge in [0.1, 0.15) is 5.75 Å². The van der Waals surface area contributed by atoms with Crippen molar-refractivity contribution in [3.8, 4) is 39.5 Å². The van der Waals surface area contributed by atoms with Crippen LogP contribution in [0.2, 0.25) is 0 Å². The van der Waals surface area contributed by atoms with E-state index in [1.807, 2.05) is 24.3 Å². The van der Waals surface area contributed by atoms with E-state index < -0.39 is 0 Å². The first kappa shape index (κ1) is 63.9. The molecule has 448 valence electrons.